The minimum absolute atomic E-state index is 0.0389. The van der Waals surface area contributed by atoms with Gasteiger partial charge in [-0.05, 0) is 17.7 Å². The van der Waals surface area contributed by atoms with Gasteiger partial charge in [-0.15, -0.1) is 18.3 Å². The zero-order valence-corrected chi connectivity index (χ0v) is 9.77. The third-order valence-corrected chi connectivity index (χ3v) is 2.38. The van der Waals surface area contributed by atoms with Crippen LogP contribution in [0.4, 0.5) is 17.6 Å². The van der Waals surface area contributed by atoms with E-state index in [1.54, 1.807) is 0 Å². The Labute approximate surface area is 107 Å². The molecule has 1 aromatic carbocycles. The predicted octanol–water partition coefficient (Wildman–Crippen LogP) is 2.10. The van der Waals surface area contributed by atoms with Gasteiger partial charge in [0.25, 0.3) is 0 Å². The average molecular weight is 302 g/mol. The molecule has 0 bridgehead atoms. The Balaban J connectivity index is 3.30. The molecule has 0 N–H and O–H groups in total. The van der Waals surface area contributed by atoms with Gasteiger partial charge in [0.15, 0.2) is 11.6 Å². The van der Waals surface area contributed by atoms with Crippen LogP contribution >= 0.6 is 15.9 Å². The summed E-state index contributed by atoms with van der Waals surface area (Å²) in [4.78, 5) is 0. The number of hydrogen-bond acceptors (Lipinski definition) is 1. The SMILES string of the molecule is [B]C([B])([B])c1c(Br)ccc(OC(F)(F)F)c1F. The molecule has 9 heteroatoms. The lowest BCUT2D eigenvalue weighted by atomic mass is 9.40. The summed E-state index contributed by atoms with van der Waals surface area (Å²) in [6, 6.07) is 1.88. The Morgan fingerprint density at radius 3 is 2.06 bits per heavy atom. The molecule has 17 heavy (non-hydrogen) atoms. The van der Waals surface area contributed by atoms with E-state index >= 15 is 0 Å². The van der Waals surface area contributed by atoms with Crippen LogP contribution in [0.2, 0.25) is 0 Å². The Morgan fingerprint density at radius 2 is 1.65 bits per heavy atom. The highest BCUT2D eigenvalue weighted by Gasteiger charge is 2.34. The second-order valence-corrected chi connectivity index (χ2v) is 4.07. The molecule has 0 spiro atoms. The molecule has 0 heterocycles. The molecule has 0 aromatic heterocycles. The molecule has 1 nitrogen and oxygen atoms in total. The van der Waals surface area contributed by atoms with Crippen LogP contribution in [-0.4, -0.2) is 29.9 Å². The van der Waals surface area contributed by atoms with E-state index in [-0.39, 0.29) is 4.47 Å². The number of halogens is 5. The number of benzene rings is 1. The highest BCUT2D eigenvalue weighted by Crippen LogP contribution is 2.34. The number of alkyl halides is 3. The Bertz CT molecular complexity index is 430. The summed E-state index contributed by atoms with van der Waals surface area (Å²) < 4.78 is 53.0. The molecule has 6 radical (unpaired) electrons. The summed E-state index contributed by atoms with van der Waals surface area (Å²) in [6.07, 6.45) is -5.02. The smallest absolute Gasteiger partial charge is 0.403 e. The Morgan fingerprint density at radius 1 is 1.12 bits per heavy atom. The van der Waals surface area contributed by atoms with Gasteiger partial charge in [-0.1, -0.05) is 15.9 Å². The lowest BCUT2D eigenvalue weighted by Gasteiger charge is -2.24. The van der Waals surface area contributed by atoms with Crippen molar-refractivity contribution in [2.45, 2.75) is 11.5 Å². The number of rotatable bonds is 2. The van der Waals surface area contributed by atoms with E-state index in [2.05, 4.69) is 20.7 Å². The highest BCUT2D eigenvalue weighted by atomic mass is 79.9. The zero-order valence-electron chi connectivity index (χ0n) is 8.18. The molecule has 0 unspecified atom stereocenters. The summed E-state index contributed by atoms with van der Waals surface area (Å²) >= 11 is 2.88. The fraction of sp³-hybridized carbons (Fsp3) is 0.250. The quantitative estimate of drug-likeness (QED) is 0.600. The van der Waals surface area contributed by atoms with Crippen molar-refractivity contribution in [1.82, 2.24) is 0 Å². The van der Waals surface area contributed by atoms with Crippen LogP contribution in [0, 0.1) is 5.82 Å². The maximum Gasteiger partial charge on any atom is 0.573 e. The highest BCUT2D eigenvalue weighted by molar-refractivity contribution is 9.10. The van der Waals surface area contributed by atoms with Crippen LogP contribution in [0.3, 0.4) is 0 Å². The van der Waals surface area contributed by atoms with Gasteiger partial charge in [0.2, 0.25) is 0 Å². The predicted molar refractivity (Wildman–Crippen MR) is 59.7 cm³/mol. The fourth-order valence-corrected chi connectivity index (χ4v) is 1.78. The lowest BCUT2D eigenvalue weighted by molar-refractivity contribution is -0.275. The zero-order chi connectivity index (χ0) is 13.4. The lowest BCUT2D eigenvalue weighted by Crippen LogP contribution is -2.29. The van der Waals surface area contributed by atoms with Gasteiger partial charge in [-0.25, -0.2) is 4.39 Å². The van der Waals surface area contributed by atoms with Crippen LogP contribution in [0.5, 0.6) is 5.75 Å². The normalized spacial score (nSPS) is 12.5. The molecule has 0 saturated carbocycles. The molecular weight excluding hydrogens is 300 g/mol. The van der Waals surface area contributed by atoms with Crippen LogP contribution < -0.4 is 4.74 Å². The molecule has 0 aliphatic rings. The van der Waals surface area contributed by atoms with E-state index in [4.69, 9.17) is 23.5 Å². The maximum absolute atomic E-state index is 13.7. The van der Waals surface area contributed by atoms with Crippen LogP contribution in [0.15, 0.2) is 16.6 Å². The first-order chi connectivity index (χ1) is 7.52. The third kappa shape index (κ3) is 3.69. The molecule has 1 rings (SSSR count). The van der Waals surface area contributed by atoms with Gasteiger partial charge in [-0.2, -0.15) is 0 Å². The molecule has 1 aromatic rings. The Kier molecular flexibility index (Phi) is 3.91. The first-order valence-corrected chi connectivity index (χ1v) is 4.92. The van der Waals surface area contributed by atoms with Gasteiger partial charge in [0.05, 0.1) is 23.5 Å². The number of ether oxygens (including phenoxy) is 1. The van der Waals surface area contributed by atoms with Crippen molar-refractivity contribution in [2.24, 2.45) is 0 Å². The van der Waals surface area contributed by atoms with E-state index in [1.165, 1.54) is 0 Å². The third-order valence-electron chi connectivity index (χ3n) is 1.71. The van der Waals surface area contributed by atoms with Crippen molar-refractivity contribution in [2.75, 3.05) is 0 Å². The average Bonchev–Trinajstić information content (AvgIpc) is 2.06. The summed E-state index contributed by atoms with van der Waals surface area (Å²) in [5.74, 6) is -2.43. The summed E-state index contributed by atoms with van der Waals surface area (Å²) in [5, 5.41) is -2.13. The van der Waals surface area contributed by atoms with Gasteiger partial charge in [-0.3, -0.25) is 0 Å². The topological polar surface area (TPSA) is 9.23 Å². The van der Waals surface area contributed by atoms with Crippen molar-refractivity contribution in [3.8, 4) is 5.75 Å². The molecule has 0 aliphatic carbocycles. The summed E-state index contributed by atoms with van der Waals surface area (Å²) in [5.41, 5.74) is -0.515. The van der Waals surface area contributed by atoms with Crippen LogP contribution in [0.25, 0.3) is 0 Å². The maximum atomic E-state index is 13.7. The van der Waals surface area contributed by atoms with E-state index in [0.717, 1.165) is 12.1 Å². The largest absolute Gasteiger partial charge is 0.573 e. The fourth-order valence-electron chi connectivity index (χ4n) is 1.13. The minimum Gasteiger partial charge on any atom is -0.403 e. The van der Waals surface area contributed by atoms with Crippen LogP contribution in [-0.2, 0) is 5.11 Å². The van der Waals surface area contributed by atoms with Gasteiger partial charge >= 0.3 is 6.36 Å². The van der Waals surface area contributed by atoms with E-state index in [9.17, 15) is 17.6 Å². The van der Waals surface area contributed by atoms with Gasteiger partial charge in [0.1, 0.15) is 0 Å². The summed E-state index contributed by atoms with van der Waals surface area (Å²) in [6.45, 7) is 0. The monoisotopic (exact) mass is 302 g/mol. The molecule has 0 amide bonds. The standard InChI is InChI=1S/C8H2B3BrF4O/c9-7(10,11)5-3(12)1-2-4(6(5)13)17-8(14,15)16/h1-2H. The van der Waals surface area contributed by atoms with Crippen molar-refractivity contribution in [3.05, 3.63) is 28.0 Å². The van der Waals surface area contributed by atoms with Crippen molar-refractivity contribution in [3.63, 3.8) is 0 Å². The molecule has 0 saturated heterocycles. The molecule has 0 aliphatic heterocycles. The Hall–Kier alpha value is -0.585. The summed E-state index contributed by atoms with van der Waals surface area (Å²) in [7, 11) is 15.7. The molecule has 0 fully saturated rings. The van der Waals surface area contributed by atoms with Crippen LogP contribution in [0.1, 0.15) is 5.56 Å². The second-order valence-electron chi connectivity index (χ2n) is 3.22. The van der Waals surface area contributed by atoms with Gasteiger partial charge in [0, 0.05) is 4.47 Å². The number of hydrogen-bond donors (Lipinski definition) is 0. The second kappa shape index (κ2) is 4.59. The molecule has 84 valence electrons. The molecule has 0 atom stereocenters. The van der Waals surface area contributed by atoms with Crippen molar-refractivity contribution in [1.29, 1.82) is 0 Å². The van der Waals surface area contributed by atoms with Crippen molar-refractivity contribution < 1.29 is 22.3 Å². The first-order valence-electron chi connectivity index (χ1n) is 4.13. The van der Waals surface area contributed by atoms with E-state index in [0.29, 0.717) is 0 Å². The minimum atomic E-state index is -5.02. The van der Waals surface area contributed by atoms with E-state index < -0.39 is 28.6 Å². The first kappa shape index (κ1) is 14.5. The molecular formula is C8H2B3BrF4O. The van der Waals surface area contributed by atoms with E-state index in [1.807, 2.05) is 0 Å². The van der Waals surface area contributed by atoms with Gasteiger partial charge < -0.3 is 4.74 Å². The van der Waals surface area contributed by atoms with Crippen molar-refractivity contribution >= 4 is 39.5 Å².